The lowest BCUT2D eigenvalue weighted by atomic mass is 9.93. The molecule has 1 aliphatic rings. The lowest BCUT2D eigenvalue weighted by Crippen LogP contribution is -2.29. The van der Waals surface area contributed by atoms with Crippen LogP contribution in [0.2, 0.25) is 0 Å². The predicted octanol–water partition coefficient (Wildman–Crippen LogP) is 2.84. The summed E-state index contributed by atoms with van der Waals surface area (Å²) in [6.45, 7) is 7.31. The van der Waals surface area contributed by atoms with Crippen LogP contribution in [0.3, 0.4) is 0 Å². The summed E-state index contributed by atoms with van der Waals surface area (Å²) in [5.41, 5.74) is 0.0281. The van der Waals surface area contributed by atoms with Gasteiger partial charge >= 0.3 is 0 Å². The maximum Gasteiger partial charge on any atom is 0.194 e. The largest absolute Gasteiger partial charge is 0.508 e. The number of hydrogen-bond acceptors (Lipinski definition) is 4. The Morgan fingerprint density at radius 2 is 1.68 bits per heavy atom. The van der Waals surface area contributed by atoms with Gasteiger partial charge in [-0.2, -0.15) is 0 Å². The van der Waals surface area contributed by atoms with Gasteiger partial charge in [-0.3, -0.25) is 4.79 Å². The SMILES string of the molecule is CC1(C)OC(C)(C)/C(=C\Nc2ccc(O)cc2)C1=O. The van der Waals surface area contributed by atoms with Gasteiger partial charge in [-0.25, -0.2) is 0 Å². The van der Waals surface area contributed by atoms with Gasteiger partial charge in [-0.15, -0.1) is 0 Å². The molecule has 0 atom stereocenters. The van der Waals surface area contributed by atoms with Crippen LogP contribution in [-0.2, 0) is 9.53 Å². The third-order valence-electron chi connectivity index (χ3n) is 3.20. The number of nitrogens with one attached hydrogen (secondary N) is 1. The molecule has 1 saturated heterocycles. The maximum atomic E-state index is 12.2. The molecule has 1 aromatic rings. The normalized spacial score (nSPS) is 22.7. The van der Waals surface area contributed by atoms with Crippen molar-refractivity contribution in [2.45, 2.75) is 38.9 Å². The number of rotatable bonds is 2. The molecule has 0 unspecified atom stereocenters. The van der Waals surface area contributed by atoms with Gasteiger partial charge < -0.3 is 15.2 Å². The van der Waals surface area contributed by atoms with Gasteiger partial charge in [0.1, 0.15) is 11.4 Å². The van der Waals surface area contributed by atoms with Crippen LogP contribution in [0.1, 0.15) is 27.7 Å². The fourth-order valence-corrected chi connectivity index (χ4v) is 2.29. The van der Waals surface area contributed by atoms with Gasteiger partial charge in [0, 0.05) is 17.5 Å². The molecule has 2 N–H and O–H groups in total. The maximum absolute atomic E-state index is 12.2. The Balaban J connectivity index is 2.23. The van der Waals surface area contributed by atoms with Gasteiger partial charge in [0.25, 0.3) is 0 Å². The summed E-state index contributed by atoms with van der Waals surface area (Å²) >= 11 is 0. The van der Waals surface area contributed by atoms with Gasteiger partial charge in [0.15, 0.2) is 5.78 Å². The van der Waals surface area contributed by atoms with E-state index in [1.165, 1.54) is 0 Å². The number of phenols is 1. The zero-order valence-electron chi connectivity index (χ0n) is 11.7. The van der Waals surface area contributed by atoms with Crippen LogP contribution in [0.15, 0.2) is 36.0 Å². The van der Waals surface area contributed by atoms with Crippen LogP contribution in [-0.4, -0.2) is 22.1 Å². The Bertz CT molecular complexity index is 527. The molecule has 1 aromatic carbocycles. The summed E-state index contributed by atoms with van der Waals surface area (Å²) in [5.74, 6) is 0.198. The number of Topliss-reactive ketones (excluding diaryl/α,β-unsaturated/α-hetero) is 1. The molecule has 4 heteroatoms. The summed E-state index contributed by atoms with van der Waals surface area (Å²) in [6.07, 6.45) is 1.68. The molecule has 102 valence electrons. The van der Waals surface area contributed by atoms with E-state index in [9.17, 15) is 9.90 Å². The Morgan fingerprint density at radius 3 is 2.16 bits per heavy atom. The monoisotopic (exact) mass is 261 g/mol. The van der Waals surface area contributed by atoms with Gasteiger partial charge in [0.2, 0.25) is 0 Å². The molecule has 4 nitrogen and oxygen atoms in total. The number of ether oxygens (including phenoxy) is 1. The van der Waals surface area contributed by atoms with E-state index in [0.29, 0.717) is 5.57 Å². The second kappa shape index (κ2) is 4.38. The average Bonchev–Trinajstić information content (AvgIpc) is 2.44. The van der Waals surface area contributed by atoms with E-state index in [1.54, 1.807) is 44.3 Å². The summed E-state index contributed by atoms with van der Waals surface area (Å²) in [7, 11) is 0. The molecular weight excluding hydrogens is 242 g/mol. The van der Waals surface area contributed by atoms with E-state index >= 15 is 0 Å². The number of aromatic hydroxyl groups is 1. The smallest absolute Gasteiger partial charge is 0.194 e. The average molecular weight is 261 g/mol. The lowest BCUT2D eigenvalue weighted by molar-refractivity contribution is -0.132. The zero-order valence-corrected chi connectivity index (χ0v) is 11.7. The molecule has 0 spiro atoms. The molecule has 1 aliphatic heterocycles. The minimum Gasteiger partial charge on any atom is -0.508 e. The standard InChI is InChI=1S/C15H19NO3/c1-14(2)12(13(18)15(3,4)19-14)9-16-10-5-7-11(17)8-6-10/h5-9,16-17H,1-4H3/b12-9-. The summed E-state index contributed by atoms with van der Waals surface area (Å²) in [6, 6.07) is 6.65. The van der Waals surface area contributed by atoms with Crippen molar-refractivity contribution in [3.8, 4) is 5.75 Å². The Morgan fingerprint density at radius 1 is 1.11 bits per heavy atom. The van der Waals surface area contributed by atoms with Crippen molar-refractivity contribution >= 4 is 11.5 Å². The first kappa shape index (κ1) is 13.6. The first-order valence-electron chi connectivity index (χ1n) is 6.23. The molecule has 0 aliphatic carbocycles. The summed E-state index contributed by atoms with van der Waals surface area (Å²) < 4.78 is 5.77. The van der Waals surface area contributed by atoms with E-state index in [4.69, 9.17) is 4.74 Å². The van der Waals surface area contributed by atoms with Crippen LogP contribution >= 0.6 is 0 Å². The number of benzene rings is 1. The molecule has 0 radical (unpaired) electrons. The third-order valence-corrected chi connectivity index (χ3v) is 3.20. The highest BCUT2D eigenvalue weighted by atomic mass is 16.5. The van der Waals surface area contributed by atoms with E-state index in [-0.39, 0.29) is 11.5 Å². The van der Waals surface area contributed by atoms with Gasteiger partial charge in [-0.1, -0.05) is 0 Å². The third kappa shape index (κ3) is 2.63. The van der Waals surface area contributed by atoms with E-state index < -0.39 is 11.2 Å². The van der Waals surface area contributed by atoms with Crippen molar-refractivity contribution in [1.82, 2.24) is 0 Å². The zero-order chi connectivity index (χ0) is 14.3. The first-order chi connectivity index (χ1) is 8.72. The molecule has 2 rings (SSSR count). The summed E-state index contributed by atoms with van der Waals surface area (Å²) in [4.78, 5) is 12.2. The highest BCUT2D eigenvalue weighted by Crippen LogP contribution is 2.38. The Hall–Kier alpha value is -1.81. The highest BCUT2D eigenvalue weighted by molar-refractivity contribution is 6.05. The minimum absolute atomic E-state index is 0.0104. The van der Waals surface area contributed by atoms with Crippen molar-refractivity contribution in [3.63, 3.8) is 0 Å². The minimum atomic E-state index is -0.786. The fraction of sp³-hybridized carbons (Fsp3) is 0.400. The Labute approximate surface area is 113 Å². The molecule has 0 saturated carbocycles. The molecule has 0 amide bonds. The number of anilines is 1. The molecule has 1 heterocycles. The van der Waals surface area contributed by atoms with Crippen LogP contribution in [0.4, 0.5) is 5.69 Å². The van der Waals surface area contributed by atoms with Crippen molar-refractivity contribution in [2.24, 2.45) is 0 Å². The quantitative estimate of drug-likeness (QED) is 0.635. The van der Waals surface area contributed by atoms with Crippen molar-refractivity contribution in [3.05, 3.63) is 36.0 Å². The lowest BCUT2D eigenvalue weighted by Gasteiger charge is -2.22. The van der Waals surface area contributed by atoms with E-state index in [2.05, 4.69) is 5.32 Å². The van der Waals surface area contributed by atoms with E-state index in [0.717, 1.165) is 5.69 Å². The summed E-state index contributed by atoms with van der Waals surface area (Å²) in [5, 5.41) is 12.3. The van der Waals surface area contributed by atoms with Gasteiger partial charge in [-0.05, 0) is 52.0 Å². The molecule has 19 heavy (non-hydrogen) atoms. The van der Waals surface area contributed by atoms with Gasteiger partial charge in [0.05, 0.1) is 5.60 Å². The van der Waals surface area contributed by atoms with Crippen LogP contribution in [0, 0.1) is 0 Å². The molecule has 0 bridgehead atoms. The van der Waals surface area contributed by atoms with Crippen molar-refractivity contribution < 1.29 is 14.6 Å². The van der Waals surface area contributed by atoms with Crippen LogP contribution in [0.5, 0.6) is 5.75 Å². The Kier molecular flexibility index (Phi) is 3.14. The second-order valence-electron chi connectivity index (χ2n) is 5.70. The predicted molar refractivity (Wildman–Crippen MR) is 74.1 cm³/mol. The fourth-order valence-electron chi connectivity index (χ4n) is 2.29. The first-order valence-corrected chi connectivity index (χ1v) is 6.23. The number of carbonyl (C=O) groups is 1. The topological polar surface area (TPSA) is 58.6 Å². The van der Waals surface area contributed by atoms with E-state index in [1.807, 2.05) is 13.8 Å². The van der Waals surface area contributed by atoms with Crippen LogP contribution in [0.25, 0.3) is 0 Å². The molecular formula is C15H19NO3. The number of hydrogen-bond donors (Lipinski definition) is 2. The number of carbonyl (C=O) groups excluding carboxylic acids is 1. The molecule has 0 aromatic heterocycles. The second-order valence-corrected chi connectivity index (χ2v) is 5.70. The van der Waals surface area contributed by atoms with Crippen LogP contribution < -0.4 is 5.32 Å². The molecule has 1 fully saturated rings. The number of phenolic OH excluding ortho intramolecular Hbond substituents is 1. The van der Waals surface area contributed by atoms with Crippen molar-refractivity contribution in [2.75, 3.05) is 5.32 Å². The number of ketones is 1. The van der Waals surface area contributed by atoms with Crippen molar-refractivity contribution in [1.29, 1.82) is 0 Å². The highest BCUT2D eigenvalue weighted by Gasteiger charge is 2.49.